The average molecular weight is 261 g/mol. The molecule has 1 heterocycles. The molecule has 0 saturated heterocycles. The normalized spacial score (nSPS) is 11.0. The van der Waals surface area contributed by atoms with Crippen LogP contribution in [0.2, 0.25) is 0 Å². The first kappa shape index (κ1) is 7.76. The van der Waals surface area contributed by atoms with Crippen molar-refractivity contribution >= 4 is 39.5 Å². The van der Waals surface area contributed by atoms with Crippen LogP contribution in [0.5, 0.6) is 0 Å². The third-order valence-corrected chi connectivity index (χ3v) is 2.37. The summed E-state index contributed by atoms with van der Waals surface area (Å²) >= 11 is 3.67. The van der Waals surface area contributed by atoms with Crippen LogP contribution in [0.15, 0.2) is 20.9 Å². The van der Waals surface area contributed by atoms with Crippen molar-refractivity contribution in [1.29, 1.82) is 5.26 Å². The maximum atomic E-state index is 8.58. The molecule has 0 aromatic carbocycles. The lowest BCUT2D eigenvalue weighted by Gasteiger charge is -1.86. The highest BCUT2D eigenvalue weighted by Crippen LogP contribution is 2.17. The van der Waals surface area contributed by atoms with Gasteiger partial charge in [0.2, 0.25) is 0 Å². The van der Waals surface area contributed by atoms with Crippen LogP contribution in [-0.4, -0.2) is 0 Å². The number of halogens is 1. The van der Waals surface area contributed by atoms with E-state index in [2.05, 4.69) is 28.7 Å². The summed E-state index contributed by atoms with van der Waals surface area (Å²) in [6, 6.07) is 4.06. The lowest BCUT2D eigenvalue weighted by atomic mass is 10.2. The van der Waals surface area contributed by atoms with E-state index in [4.69, 9.17) is 5.26 Å². The second kappa shape index (κ2) is 3.74. The Labute approximate surface area is 77.1 Å². The second-order valence-electron chi connectivity index (χ2n) is 1.65. The maximum absolute atomic E-state index is 8.58. The second-order valence-corrected chi connectivity index (χ2v) is 3.05. The quantitative estimate of drug-likeness (QED) is 0.563. The average Bonchev–Trinajstić information content (AvgIpc) is 2.43. The fraction of sp³-hybridized carbons (Fsp3) is 0. The Balaban J connectivity index is 2.99. The molecule has 0 N–H and O–H groups in total. The fourth-order valence-corrected chi connectivity index (χ4v) is 1.72. The van der Waals surface area contributed by atoms with E-state index in [1.165, 1.54) is 0 Å². The van der Waals surface area contributed by atoms with E-state index < -0.39 is 0 Å². The van der Waals surface area contributed by atoms with Crippen LogP contribution in [-0.2, 0) is 0 Å². The molecule has 50 valence electrons. The van der Waals surface area contributed by atoms with Gasteiger partial charge in [-0.25, -0.2) is 0 Å². The van der Waals surface area contributed by atoms with Gasteiger partial charge in [-0.2, -0.15) is 16.6 Å². The Morgan fingerprint density at radius 2 is 2.60 bits per heavy atom. The third-order valence-electron chi connectivity index (χ3n) is 1.06. The molecule has 0 radical (unpaired) electrons. The number of hydrogen-bond donors (Lipinski definition) is 0. The van der Waals surface area contributed by atoms with Crippen molar-refractivity contribution in [3.8, 4) is 6.07 Å². The van der Waals surface area contributed by atoms with Gasteiger partial charge in [0.15, 0.2) is 0 Å². The molecule has 0 unspecified atom stereocenters. The summed E-state index contributed by atoms with van der Waals surface area (Å²) in [6.07, 6.45) is 0. The van der Waals surface area contributed by atoms with Crippen molar-refractivity contribution in [2.75, 3.05) is 0 Å². The van der Waals surface area contributed by atoms with Gasteiger partial charge in [-0.1, -0.05) is 22.6 Å². The lowest BCUT2D eigenvalue weighted by molar-refractivity contribution is 1.53. The van der Waals surface area contributed by atoms with Crippen molar-refractivity contribution in [2.45, 2.75) is 0 Å². The first-order valence-electron chi connectivity index (χ1n) is 2.61. The van der Waals surface area contributed by atoms with E-state index in [1.807, 2.05) is 16.8 Å². The summed E-state index contributed by atoms with van der Waals surface area (Å²) < 4.78 is 1.79. The molecule has 0 fully saturated rings. The van der Waals surface area contributed by atoms with E-state index in [0.717, 1.165) is 11.1 Å². The van der Waals surface area contributed by atoms with Gasteiger partial charge in [0.1, 0.15) is 6.07 Å². The number of nitriles is 1. The first-order chi connectivity index (χ1) is 4.88. The van der Waals surface area contributed by atoms with E-state index in [0.29, 0.717) is 0 Å². The molecule has 1 nitrogen and oxygen atoms in total. The van der Waals surface area contributed by atoms with Crippen LogP contribution >= 0.6 is 33.9 Å². The van der Waals surface area contributed by atoms with Crippen LogP contribution in [0.25, 0.3) is 5.57 Å². The predicted octanol–water partition coefficient (Wildman–Crippen LogP) is 3.05. The smallest absolute Gasteiger partial charge is 0.100 e. The molecule has 3 heteroatoms. The molecule has 0 aliphatic carbocycles. The Morgan fingerprint density at radius 1 is 1.80 bits per heavy atom. The van der Waals surface area contributed by atoms with Crippen molar-refractivity contribution in [2.24, 2.45) is 0 Å². The van der Waals surface area contributed by atoms with E-state index in [-0.39, 0.29) is 0 Å². The number of rotatable bonds is 1. The third kappa shape index (κ3) is 1.58. The Bertz CT molecular complexity index is 268. The molecular weight excluding hydrogens is 257 g/mol. The zero-order chi connectivity index (χ0) is 7.40. The molecule has 1 rings (SSSR count). The molecule has 1 aromatic heterocycles. The highest BCUT2D eigenvalue weighted by Gasteiger charge is 1.97. The van der Waals surface area contributed by atoms with Gasteiger partial charge in [0, 0.05) is 5.56 Å². The lowest BCUT2D eigenvalue weighted by Crippen LogP contribution is -1.71. The standard InChI is InChI=1S/C7H4INS/c8-3-7(4-9)6-1-2-10-5-6/h1-3,5H/b7-3+. The van der Waals surface area contributed by atoms with Crippen molar-refractivity contribution in [3.63, 3.8) is 0 Å². The SMILES string of the molecule is N#C/C(=C\I)c1ccsc1. The number of hydrogen-bond acceptors (Lipinski definition) is 2. The van der Waals surface area contributed by atoms with E-state index in [1.54, 1.807) is 15.4 Å². The largest absolute Gasteiger partial charge is 0.192 e. The molecule has 0 amide bonds. The number of allylic oxidation sites excluding steroid dienone is 1. The zero-order valence-electron chi connectivity index (χ0n) is 5.04. The first-order valence-corrected chi connectivity index (χ1v) is 4.80. The van der Waals surface area contributed by atoms with Gasteiger partial charge in [0.25, 0.3) is 0 Å². The van der Waals surface area contributed by atoms with Gasteiger partial charge < -0.3 is 0 Å². The molecule has 10 heavy (non-hydrogen) atoms. The summed E-state index contributed by atoms with van der Waals surface area (Å²) in [4.78, 5) is 0. The minimum Gasteiger partial charge on any atom is -0.192 e. The van der Waals surface area contributed by atoms with Gasteiger partial charge in [-0.15, -0.1) is 0 Å². The monoisotopic (exact) mass is 261 g/mol. The summed E-state index contributed by atoms with van der Waals surface area (Å²) in [7, 11) is 0. The number of nitrogens with zero attached hydrogens (tertiary/aromatic N) is 1. The Hall–Kier alpha value is -0.340. The van der Waals surface area contributed by atoms with Crippen molar-refractivity contribution in [1.82, 2.24) is 0 Å². The van der Waals surface area contributed by atoms with E-state index >= 15 is 0 Å². The Kier molecular flexibility index (Phi) is 2.90. The summed E-state index contributed by atoms with van der Waals surface area (Å²) in [5.41, 5.74) is 1.75. The zero-order valence-corrected chi connectivity index (χ0v) is 8.02. The highest BCUT2D eigenvalue weighted by atomic mass is 127. The molecule has 0 spiro atoms. The molecule has 0 bridgehead atoms. The molecule has 1 aromatic rings. The van der Waals surface area contributed by atoms with E-state index in [9.17, 15) is 0 Å². The minimum absolute atomic E-state index is 0.738. The van der Waals surface area contributed by atoms with Crippen molar-refractivity contribution < 1.29 is 0 Å². The van der Waals surface area contributed by atoms with Crippen LogP contribution in [0.4, 0.5) is 0 Å². The molecular formula is C7H4INS. The summed E-state index contributed by atoms with van der Waals surface area (Å²) in [5.74, 6) is 0. The highest BCUT2D eigenvalue weighted by molar-refractivity contribution is 14.1. The summed E-state index contributed by atoms with van der Waals surface area (Å²) in [6.45, 7) is 0. The molecule has 0 aliphatic heterocycles. The van der Waals surface area contributed by atoms with Gasteiger partial charge >= 0.3 is 0 Å². The molecule has 0 saturated carbocycles. The molecule has 0 aliphatic rings. The van der Waals surface area contributed by atoms with Crippen molar-refractivity contribution in [3.05, 3.63) is 26.5 Å². The fourth-order valence-electron chi connectivity index (χ4n) is 0.570. The van der Waals surface area contributed by atoms with Crippen LogP contribution in [0, 0.1) is 11.3 Å². The van der Waals surface area contributed by atoms with Crippen LogP contribution in [0.1, 0.15) is 5.56 Å². The van der Waals surface area contributed by atoms with Gasteiger partial charge in [-0.3, -0.25) is 0 Å². The topological polar surface area (TPSA) is 23.8 Å². The minimum atomic E-state index is 0.738. The predicted molar refractivity (Wildman–Crippen MR) is 51.9 cm³/mol. The van der Waals surface area contributed by atoms with Gasteiger partial charge in [-0.05, 0) is 20.9 Å². The van der Waals surface area contributed by atoms with Gasteiger partial charge in [0.05, 0.1) is 5.57 Å². The summed E-state index contributed by atoms with van der Waals surface area (Å²) in [5, 5.41) is 12.5. The Morgan fingerprint density at radius 3 is 3.00 bits per heavy atom. The number of thiophene rings is 1. The molecule has 0 atom stereocenters. The maximum Gasteiger partial charge on any atom is 0.100 e. The van der Waals surface area contributed by atoms with Crippen LogP contribution in [0.3, 0.4) is 0 Å². The van der Waals surface area contributed by atoms with Crippen LogP contribution < -0.4 is 0 Å².